The van der Waals surface area contributed by atoms with E-state index in [0.29, 0.717) is 18.0 Å². The highest BCUT2D eigenvalue weighted by molar-refractivity contribution is 5.96. The van der Waals surface area contributed by atoms with Crippen LogP contribution in [-0.2, 0) is 11.3 Å². The Morgan fingerprint density at radius 2 is 2.19 bits per heavy atom. The molecule has 3 heteroatoms. The first kappa shape index (κ1) is 9.21. The van der Waals surface area contributed by atoms with E-state index in [1.165, 1.54) is 0 Å². The molecule has 3 rings (SSSR count). The summed E-state index contributed by atoms with van der Waals surface area (Å²) in [5.74, 6) is 0.439. The van der Waals surface area contributed by atoms with Crippen LogP contribution >= 0.6 is 0 Å². The van der Waals surface area contributed by atoms with E-state index in [0.717, 1.165) is 10.9 Å². The van der Waals surface area contributed by atoms with E-state index in [2.05, 4.69) is 0 Å². The van der Waals surface area contributed by atoms with Gasteiger partial charge in [0.05, 0.1) is 6.54 Å². The first-order valence-corrected chi connectivity index (χ1v) is 5.25. The summed E-state index contributed by atoms with van der Waals surface area (Å²) in [6, 6.07) is 9.85. The van der Waals surface area contributed by atoms with E-state index in [-0.39, 0.29) is 5.97 Å². The molecule has 1 aliphatic heterocycles. The van der Waals surface area contributed by atoms with Gasteiger partial charge >= 0.3 is 5.97 Å². The Morgan fingerprint density at radius 3 is 3.00 bits per heavy atom. The van der Waals surface area contributed by atoms with Crippen molar-refractivity contribution in [1.82, 2.24) is 4.57 Å². The third-order valence-corrected chi connectivity index (χ3v) is 2.88. The maximum Gasteiger partial charge on any atom is 0.360 e. The maximum absolute atomic E-state index is 11.7. The molecule has 3 nitrogen and oxygen atoms in total. The van der Waals surface area contributed by atoms with Crippen LogP contribution in [0.25, 0.3) is 10.9 Å². The van der Waals surface area contributed by atoms with E-state index < -0.39 is 0 Å². The molecule has 1 aromatic heterocycles. The van der Waals surface area contributed by atoms with Gasteiger partial charge in [-0.3, -0.25) is 0 Å². The molecule has 2 aromatic rings. The number of carbonyl (C=O) groups is 1. The molecule has 0 unspecified atom stereocenters. The van der Waals surface area contributed by atoms with Gasteiger partial charge < -0.3 is 9.30 Å². The van der Waals surface area contributed by atoms with Gasteiger partial charge in [-0.1, -0.05) is 18.2 Å². The molecular formula is C13H11NO2. The van der Waals surface area contributed by atoms with Crippen molar-refractivity contribution in [3.63, 3.8) is 0 Å². The van der Waals surface area contributed by atoms with Crippen LogP contribution in [0.2, 0.25) is 0 Å². The third kappa shape index (κ3) is 1.18. The normalized spacial score (nSPS) is 17.6. The highest BCUT2D eigenvalue weighted by Crippen LogP contribution is 2.25. The second-order valence-corrected chi connectivity index (χ2v) is 3.82. The van der Waals surface area contributed by atoms with Crippen LogP contribution in [0.3, 0.4) is 0 Å². The molecule has 1 aromatic carbocycles. The Labute approximate surface area is 92.9 Å². The fourth-order valence-electron chi connectivity index (χ4n) is 2.06. The molecule has 0 saturated heterocycles. The number of allylic oxidation sites excluding steroid dienone is 2. The Morgan fingerprint density at radius 1 is 1.38 bits per heavy atom. The maximum atomic E-state index is 11.7. The summed E-state index contributed by atoms with van der Waals surface area (Å²) in [7, 11) is 0. The fourth-order valence-corrected chi connectivity index (χ4v) is 2.06. The quantitative estimate of drug-likeness (QED) is 0.630. The van der Waals surface area contributed by atoms with E-state index in [4.69, 9.17) is 4.74 Å². The molecule has 0 atom stereocenters. The van der Waals surface area contributed by atoms with Crippen LogP contribution in [0.15, 0.2) is 42.2 Å². The summed E-state index contributed by atoms with van der Waals surface area (Å²) in [6.07, 6.45) is 1.83. The second kappa shape index (κ2) is 3.23. The van der Waals surface area contributed by atoms with Crippen LogP contribution in [0.1, 0.15) is 17.4 Å². The van der Waals surface area contributed by atoms with E-state index >= 15 is 0 Å². The molecule has 0 radical (unpaired) electrons. The van der Waals surface area contributed by atoms with Gasteiger partial charge in [0.2, 0.25) is 0 Å². The van der Waals surface area contributed by atoms with Crippen molar-refractivity contribution in [2.24, 2.45) is 0 Å². The Kier molecular flexibility index (Phi) is 1.86. The molecular weight excluding hydrogens is 202 g/mol. The topological polar surface area (TPSA) is 31.2 Å². The van der Waals surface area contributed by atoms with Crippen LogP contribution in [0.4, 0.5) is 0 Å². The molecule has 0 bridgehead atoms. The van der Waals surface area contributed by atoms with Gasteiger partial charge in [0.25, 0.3) is 0 Å². The highest BCUT2D eigenvalue weighted by atomic mass is 16.5. The van der Waals surface area contributed by atoms with Gasteiger partial charge in [-0.2, -0.15) is 0 Å². The number of hydrogen-bond acceptors (Lipinski definition) is 2. The minimum absolute atomic E-state index is 0.268. The number of cyclic esters (lactones) is 1. The average Bonchev–Trinajstić information content (AvgIpc) is 2.68. The van der Waals surface area contributed by atoms with Gasteiger partial charge in [-0.15, -0.1) is 0 Å². The van der Waals surface area contributed by atoms with Crippen LogP contribution < -0.4 is 0 Å². The standard InChI is InChI=1S/C13H11NO2/c1-2-10-8-14-11-6-4-3-5-9(11)7-12(14)13(15)16-10/h2-7H,8H2,1H3/b10-2+. The number of nitrogens with zero attached hydrogens (tertiary/aromatic N) is 1. The first-order valence-electron chi connectivity index (χ1n) is 5.25. The summed E-state index contributed by atoms with van der Waals surface area (Å²) >= 11 is 0. The zero-order valence-electron chi connectivity index (χ0n) is 8.93. The summed E-state index contributed by atoms with van der Waals surface area (Å²) in [6.45, 7) is 2.50. The fraction of sp³-hybridized carbons (Fsp3) is 0.154. The lowest BCUT2D eigenvalue weighted by Crippen LogP contribution is -2.20. The Bertz CT molecular complexity index is 607. The summed E-state index contributed by atoms with van der Waals surface area (Å²) in [4.78, 5) is 11.7. The average molecular weight is 213 g/mol. The van der Waals surface area contributed by atoms with Gasteiger partial charge in [-0.05, 0) is 25.1 Å². The molecule has 80 valence electrons. The smallest absolute Gasteiger partial charge is 0.360 e. The van der Waals surface area contributed by atoms with Crippen molar-refractivity contribution >= 4 is 16.9 Å². The number of para-hydroxylation sites is 1. The summed E-state index contributed by atoms with van der Waals surface area (Å²) in [5, 5.41) is 1.08. The van der Waals surface area contributed by atoms with Gasteiger partial charge in [0.15, 0.2) is 0 Å². The monoisotopic (exact) mass is 213 g/mol. The lowest BCUT2D eigenvalue weighted by molar-refractivity contribution is 0.0562. The molecule has 0 saturated carbocycles. The number of hydrogen-bond donors (Lipinski definition) is 0. The number of benzene rings is 1. The Hall–Kier alpha value is -2.03. The molecule has 0 spiro atoms. The molecule has 0 N–H and O–H groups in total. The molecule has 16 heavy (non-hydrogen) atoms. The van der Waals surface area contributed by atoms with Crippen molar-refractivity contribution in [3.8, 4) is 0 Å². The van der Waals surface area contributed by atoms with Crippen molar-refractivity contribution in [1.29, 1.82) is 0 Å². The van der Waals surface area contributed by atoms with Gasteiger partial charge in [-0.25, -0.2) is 4.79 Å². The van der Waals surface area contributed by atoms with Crippen LogP contribution in [0, 0.1) is 0 Å². The van der Waals surface area contributed by atoms with E-state index in [1.807, 2.05) is 47.9 Å². The summed E-state index contributed by atoms with van der Waals surface area (Å²) in [5.41, 5.74) is 1.71. The minimum Gasteiger partial charge on any atom is -0.425 e. The van der Waals surface area contributed by atoms with Crippen molar-refractivity contribution in [3.05, 3.63) is 47.9 Å². The van der Waals surface area contributed by atoms with Crippen molar-refractivity contribution in [2.45, 2.75) is 13.5 Å². The lowest BCUT2D eigenvalue weighted by Gasteiger charge is -2.18. The Balaban J connectivity index is 2.30. The molecule has 2 heterocycles. The molecule has 1 aliphatic rings. The second-order valence-electron chi connectivity index (χ2n) is 3.82. The predicted octanol–water partition coefficient (Wildman–Crippen LogP) is 2.72. The molecule has 0 fully saturated rings. The van der Waals surface area contributed by atoms with Gasteiger partial charge in [0, 0.05) is 10.9 Å². The van der Waals surface area contributed by atoms with Gasteiger partial charge in [0.1, 0.15) is 11.5 Å². The number of carbonyl (C=O) groups excluding carboxylic acids is 1. The molecule has 0 amide bonds. The van der Waals surface area contributed by atoms with Crippen LogP contribution in [0.5, 0.6) is 0 Å². The predicted molar refractivity (Wildman–Crippen MR) is 61.1 cm³/mol. The largest absolute Gasteiger partial charge is 0.425 e. The number of aromatic nitrogens is 1. The number of ether oxygens (including phenoxy) is 1. The van der Waals surface area contributed by atoms with E-state index in [1.54, 1.807) is 0 Å². The summed E-state index contributed by atoms with van der Waals surface area (Å²) < 4.78 is 7.19. The SMILES string of the molecule is C/C=C1\Cn2c(cc3ccccc32)C(=O)O1. The zero-order chi connectivity index (χ0) is 11.1. The number of esters is 1. The number of rotatable bonds is 0. The zero-order valence-corrected chi connectivity index (χ0v) is 8.93. The van der Waals surface area contributed by atoms with E-state index in [9.17, 15) is 4.79 Å². The third-order valence-electron chi connectivity index (χ3n) is 2.88. The number of fused-ring (bicyclic) bond motifs is 3. The minimum atomic E-state index is -0.268. The molecule has 0 aliphatic carbocycles. The highest BCUT2D eigenvalue weighted by Gasteiger charge is 2.23. The first-order chi connectivity index (χ1) is 7.79. The van der Waals surface area contributed by atoms with Crippen molar-refractivity contribution in [2.75, 3.05) is 0 Å². The lowest BCUT2D eigenvalue weighted by atomic mass is 10.2. The van der Waals surface area contributed by atoms with Crippen molar-refractivity contribution < 1.29 is 9.53 Å². The van der Waals surface area contributed by atoms with Crippen LogP contribution in [-0.4, -0.2) is 10.5 Å².